The van der Waals surface area contributed by atoms with Gasteiger partial charge in [0.15, 0.2) is 0 Å². The maximum atomic E-state index is 13.8. The Labute approximate surface area is 137 Å². The first kappa shape index (κ1) is 15.2. The molecule has 0 saturated carbocycles. The van der Waals surface area contributed by atoms with Crippen LogP contribution in [0.4, 0.5) is 14.5 Å². The number of hydrogen-bond acceptors (Lipinski definition) is 4. The molecular weight excluding hydrogens is 340 g/mol. The molecule has 2 aliphatic rings. The van der Waals surface area contributed by atoms with Crippen molar-refractivity contribution in [3.63, 3.8) is 0 Å². The molecule has 2 aromatic rings. The van der Waals surface area contributed by atoms with Crippen LogP contribution in [0.1, 0.15) is 11.1 Å². The van der Waals surface area contributed by atoms with Crippen molar-refractivity contribution in [1.29, 1.82) is 0 Å². The molecule has 8 heteroatoms. The van der Waals surface area contributed by atoms with E-state index in [0.717, 1.165) is 17.7 Å². The molecule has 2 aromatic carbocycles. The molecule has 0 amide bonds. The molecule has 0 fully saturated rings. The predicted molar refractivity (Wildman–Crippen MR) is 82.0 cm³/mol. The summed E-state index contributed by atoms with van der Waals surface area (Å²) in [7, 11) is -4.12. The Balaban J connectivity index is 1.83. The minimum Gasteiger partial charge on any atom is -0.493 e. The normalized spacial score (nSPS) is 15.4. The molecule has 5 nitrogen and oxygen atoms in total. The highest BCUT2D eigenvalue weighted by atomic mass is 32.2. The maximum absolute atomic E-state index is 13.8. The third-order valence-corrected chi connectivity index (χ3v) is 5.50. The molecule has 1 N–H and O–H groups in total. The van der Waals surface area contributed by atoms with Crippen LogP contribution in [0.2, 0.25) is 0 Å². The SMILES string of the molecule is O=S(=O)(Nc1ccc(F)cc1F)c1c2c(cc3c1OCC3)OCC2. The van der Waals surface area contributed by atoms with Gasteiger partial charge in [-0.3, -0.25) is 4.72 Å². The molecule has 4 rings (SSSR count). The van der Waals surface area contributed by atoms with Gasteiger partial charge >= 0.3 is 0 Å². The molecule has 0 atom stereocenters. The zero-order valence-electron chi connectivity index (χ0n) is 12.4. The number of nitrogens with one attached hydrogen (secondary N) is 1. The lowest BCUT2D eigenvalue weighted by Crippen LogP contribution is -2.17. The van der Waals surface area contributed by atoms with Crippen LogP contribution in [0.5, 0.6) is 11.5 Å². The fourth-order valence-corrected chi connectivity index (χ4v) is 4.51. The van der Waals surface area contributed by atoms with Crippen LogP contribution < -0.4 is 14.2 Å². The quantitative estimate of drug-likeness (QED) is 0.921. The fourth-order valence-electron chi connectivity index (χ4n) is 2.99. The van der Waals surface area contributed by atoms with Crippen LogP contribution in [-0.2, 0) is 22.9 Å². The van der Waals surface area contributed by atoms with Crippen molar-refractivity contribution in [3.05, 3.63) is 47.0 Å². The summed E-state index contributed by atoms with van der Waals surface area (Å²) in [5, 5.41) is 0. The highest BCUT2D eigenvalue weighted by Crippen LogP contribution is 2.43. The second-order valence-electron chi connectivity index (χ2n) is 5.60. The molecule has 24 heavy (non-hydrogen) atoms. The van der Waals surface area contributed by atoms with E-state index in [0.29, 0.717) is 43.4 Å². The number of anilines is 1. The van der Waals surface area contributed by atoms with Gasteiger partial charge in [0.1, 0.15) is 28.0 Å². The molecule has 2 heterocycles. The number of fused-ring (bicyclic) bond motifs is 2. The Morgan fingerprint density at radius 1 is 1.04 bits per heavy atom. The third-order valence-electron chi connectivity index (χ3n) is 4.05. The summed E-state index contributed by atoms with van der Waals surface area (Å²) < 4.78 is 65.7. The smallest absolute Gasteiger partial charge is 0.266 e. The average Bonchev–Trinajstić information content (AvgIpc) is 3.15. The monoisotopic (exact) mass is 353 g/mol. The Kier molecular flexibility index (Phi) is 3.38. The fraction of sp³-hybridized carbons (Fsp3) is 0.250. The summed E-state index contributed by atoms with van der Waals surface area (Å²) in [6.45, 7) is 0.761. The topological polar surface area (TPSA) is 64.6 Å². The van der Waals surface area contributed by atoms with Crippen molar-refractivity contribution in [2.45, 2.75) is 17.7 Å². The Bertz CT molecular complexity index is 911. The van der Waals surface area contributed by atoms with Crippen LogP contribution in [-0.4, -0.2) is 21.6 Å². The van der Waals surface area contributed by atoms with Crippen LogP contribution in [0.25, 0.3) is 0 Å². The molecular formula is C16H13F2NO4S. The predicted octanol–water partition coefficient (Wildman–Crippen LogP) is 2.64. The largest absolute Gasteiger partial charge is 0.493 e. The van der Waals surface area contributed by atoms with E-state index in [2.05, 4.69) is 4.72 Å². The first-order valence-electron chi connectivity index (χ1n) is 7.38. The van der Waals surface area contributed by atoms with Crippen LogP contribution >= 0.6 is 0 Å². The molecule has 126 valence electrons. The van der Waals surface area contributed by atoms with Gasteiger partial charge in [-0.05, 0) is 18.2 Å². The van der Waals surface area contributed by atoms with Gasteiger partial charge in [0, 0.05) is 30.0 Å². The third kappa shape index (κ3) is 2.37. The molecule has 0 saturated heterocycles. The van der Waals surface area contributed by atoms with Gasteiger partial charge in [-0.25, -0.2) is 17.2 Å². The highest BCUT2D eigenvalue weighted by Gasteiger charge is 2.34. The molecule has 0 aromatic heterocycles. The van der Waals surface area contributed by atoms with E-state index in [4.69, 9.17) is 9.47 Å². The highest BCUT2D eigenvalue weighted by molar-refractivity contribution is 7.92. The van der Waals surface area contributed by atoms with Gasteiger partial charge in [-0.2, -0.15) is 0 Å². The van der Waals surface area contributed by atoms with Crippen LogP contribution in [0, 0.1) is 11.6 Å². The second-order valence-corrected chi connectivity index (χ2v) is 7.22. The molecule has 2 aliphatic heterocycles. The van der Waals surface area contributed by atoms with E-state index in [1.807, 2.05) is 0 Å². The van der Waals surface area contributed by atoms with Crippen molar-refractivity contribution in [2.24, 2.45) is 0 Å². The summed E-state index contributed by atoms with van der Waals surface area (Å²) in [4.78, 5) is -0.0197. The summed E-state index contributed by atoms with van der Waals surface area (Å²) in [6.07, 6.45) is 1.01. The Morgan fingerprint density at radius 2 is 1.83 bits per heavy atom. The van der Waals surface area contributed by atoms with Gasteiger partial charge in [-0.15, -0.1) is 0 Å². The van der Waals surface area contributed by atoms with E-state index in [1.165, 1.54) is 0 Å². The zero-order valence-corrected chi connectivity index (χ0v) is 13.3. The minimum atomic E-state index is -4.12. The van der Waals surface area contributed by atoms with Crippen molar-refractivity contribution in [3.8, 4) is 11.5 Å². The number of rotatable bonds is 3. The Hall–Kier alpha value is -2.35. The molecule has 0 aliphatic carbocycles. The first-order chi connectivity index (χ1) is 11.5. The second kappa shape index (κ2) is 5.34. The van der Waals surface area contributed by atoms with Crippen molar-refractivity contribution >= 4 is 15.7 Å². The van der Waals surface area contributed by atoms with E-state index in [1.54, 1.807) is 6.07 Å². The van der Waals surface area contributed by atoms with E-state index < -0.39 is 21.7 Å². The van der Waals surface area contributed by atoms with Gasteiger partial charge < -0.3 is 9.47 Å². The van der Waals surface area contributed by atoms with E-state index in [9.17, 15) is 17.2 Å². The lowest BCUT2D eigenvalue weighted by molar-refractivity contribution is 0.348. The number of benzene rings is 2. The number of halogens is 2. The summed E-state index contributed by atoms with van der Waals surface area (Å²) >= 11 is 0. The van der Waals surface area contributed by atoms with Crippen LogP contribution in [0.3, 0.4) is 0 Å². The van der Waals surface area contributed by atoms with Crippen molar-refractivity contribution < 1.29 is 26.7 Å². The Morgan fingerprint density at radius 3 is 2.62 bits per heavy atom. The van der Waals surface area contributed by atoms with Gasteiger partial charge in [-0.1, -0.05) is 0 Å². The minimum absolute atomic E-state index is 0.0197. The molecule has 0 bridgehead atoms. The molecule has 0 unspecified atom stereocenters. The van der Waals surface area contributed by atoms with Gasteiger partial charge in [0.25, 0.3) is 10.0 Å². The average molecular weight is 353 g/mol. The summed E-state index contributed by atoms with van der Waals surface area (Å²) in [6, 6.07) is 4.45. The lowest BCUT2D eigenvalue weighted by Gasteiger charge is -2.15. The summed E-state index contributed by atoms with van der Waals surface area (Å²) in [5.41, 5.74) is 0.945. The van der Waals surface area contributed by atoms with E-state index >= 15 is 0 Å². The van der Waals surface area contributed by atoms with Crippen molar-refractivity contribution in [2.75, 3.05) is 17.9 Å². The summed E-state index contributed by atoms with van der Waals surface area (Å²) in [5.74, 6) is -0.970. The van der Waals surface area contributed by atoms with E-state index in [-0.39, 0.29) is 16.3 Å². The number of ether oxygens (including phenoxy) is 2. The maximum Gasteiger partial charge on any atom is 0.266 e. The zero-order chi connectivity index (χ0) is 16.9. The first-order valence-corrected chi connectivity index (χ1v) is 8.86. The van der Waals surface area contributed by atoms with Gasteiger partial charge in [0.2, 0.25) is 0 Å². The van der Waals surface area contributed by atoms with Crippen molar-refractivity contribution in [1.82, 2.24) is 0 Å². The van der Waals surface area contributed by atoms with Gasteiger partial charge in [0.05, 0.1) is 18.9 Å². The molecule has 0 spiro atoms. The lowest BCUT2D eigenvalue weighted by atomic mass is 10.1. The molecule has 0 radical (unpaired) electrons. The standard InChI is InChI=1S/C16H13F2NO4S/c17-10-1-2-13(12(18)8-10)19-24(20,21)16-11-4-6-22-14(11)7-9-3-5-23-15(9)16/h1-2,7-8,19H,3-6H2. The number of hydrogen-bond donors (Lipinski definition) is 1. The number of sulfonamides is 1. The van der Waals surface area contributed by atoms with Crippen LogP contribution in [0.15, 0.2) is 29.2 Å².